The van der Waals surface area contributed by atoms with Crippen molar-refractivity contribution in [2.45, 2.75) is 25.2 Å². The van der Waals surface area contributed by atoms with Crippen molar-refractivity contribution in [3.05, 3.63) is 18.5 Å². The monoisotopic (exact) mass is 257 g/mol. The molecule has 1 atom stereocenters. The molecule has 2 N–H and O–H groups in total. The van der Waals surface area contributed by atoms with E-state index in [1.165, 1.54) is 0 Å². The van der Waals surface area contributed by atoms with Crippen LogP contribution in [-0.4, -0.2) is 42.6 Å². The predicted molar refractivity (Wildman–Crippen MR) is 69.9 cm³/mol. The number of aromatic amines is 1. The molecule has 1 fully saturated rings. The second-order valence-electron chi connectivity index (χ2n) is 5.12. The molecule has 19 heavy (non-hydrogen) atoms. The molecule has 1 unspecified atom stereocenters. The summed E-state index contributed by atoms with van der Waals surface area (Å²) < 4.78 is 2.00. The third-order valence-corrected chi connectivity index (χ3v) is 4.23. The van der Waals surface area contributed by atoms with Crippen LogP contribution >= 0.6 is 0 Å². The van der Waals surface area contributed by atoms with Crippen LogP contribution in [-0.2, 0) is 5.41 Å². The summed E-state index contributed by atoms with van der Waals surface area (Å²) in [6.45, 7) is 4.18. The molecule has 0 amide bonds. The van der Waals surface area contributed by atoms with Crippen molar-refractivity contribution < 1.29 is 0 Å². The van der Waals surface area contributed by atoms with Gasteiger partial charge in [0.15, 0.2) is 11.3 Å². The number of rotatable bonds is 2. The Labute approximate surface area is 109 Å². The fourth-order valence-corrected chi connectivity index (χ4v) is 2.99. The van der Waals surface area contributed by atoms with Crippen molar-refractivity contribution in [2.24, 2.45) is 0 Å². The summed E-state index contributed by atoms with van der Waals surface area (Å²) in [4.78, 5) is 11.6. The van der Waals surface area contributed by atoms with Crippen LogP contribution < -0.4 is 5.32 Å². The number of nitrogens with zero attached hydrogens (tertiary/aromatic N) is 5. The summed E-state index contributed by atoms with van der Waals surface area (Å²) in [5, 5.41) is 12.2. The van der Waals surface area contributed by atoms with E-state index in [1.54, 1.807) is 12.7 Å². The average molecular weight is 257 g/mol. The van der Waals surface area contributed by atoms with Crippen LogP contribution in [0.25, 0.3) is 16.8 Å². The van der Waals surface area contributed by atoms with Gasteiger partial charge in [-0.1, -0.05) is 6.92 Å². The summed E-state index contributed by atoms with van der Waals surface area (Å²) in [5.41, 5.74) is 2.40. The Morgan fingerprint density at radius 3 is 3.11 bits per heavy atom. The Balaban J connectivity index is 2.00. The van der Waals surface area contributed by atoms with E-state index in [1.807, 2.05) is 4.40 Å². The van der Waals surface area contributed by atoms with Gasteiger partial charge in [0, 0.05) is 12.0 Å². The Morgan fingerprint density at radius 2 is 2.32 bits per heavy atom. The van der Waals surface area contributed by atoms with E-state index < -0.39 is 0 Å². The van der Waals surface area contributed by atoms with Gasteiger partial charge in [0.05, 0.1) is 6.33 Å². The third kappa shape index (κ3) is 1.36. The van der Waals surface area contributed by atoms with Crippen molar-refractivity contribution in [3.8, 4) is 0 Å². The molecule has 3 aromatic rings. The van der Waals surface area contributed by atoms with E-state index in [0.29, 0.717) is 5.65 Å². The lowest BCUT2D eigenvalue weighted by Crippen LogP contribution is -2.30. The van der Waals surface area contributed by atoms with E-state index in [-0.39, 0.29) is 5.41 Å². The second-order valence-corrected chi connectivity index (χ2v) is 5.12. The van der Waals surface area contributed by atoms with Gasteiger partial charge in [-0.2, -0.15) is 0 Å². The summed E-state index contributed by atoms with van der Waals surface area (Å²) in [6.07, 6.45) is 5.55. The van der Waals surface area contributed by atoms with Crippen LogP contribution in [0.3, 0.4) is 0 Å². The summed E-state index contributed by atoms with van der Waals surface area (Å²) in [6, 6.07) is 0. The van der Waals surface area contributed by atoms with E-state index in [0.717, 1.165) is 42.9 Å². The number of fused-ring (bicyclic) bond motifs is 3. The molecule has 1 aliphatic rings. The largest absolute Gasteiger partial charge is 0.340 e. The van der Waals surface area contributed by atoms with Crippen molar-refractivity contribution in [1.29, 1.82) is 0 Å². The topological polar surface area (TPSA) is 83.8 Å². The van der Waals surface area contributed by atoms with Gasteiger partial charge < -0.3 is 10.3 Å². The molecular formula is C12H15N7. The minimum atomic E-state index is 0.0643. The van der Waals surface area contributed by atoms with Crippen LogP contribution in [0.15, 0.2) is 12.7 Å². The number of imidazole rings is 1. The Morgan fingerprint density at radius 1 is 1.37 bits per heavy atom. The zero-order valence-electron chi connectivity index (χ0n) is 10.7. The molecule has 7 heteroatoms. The van der Waals surface area contributed by atoms with Gasteiger partial charge in [-0.3, -0.25) is 4.40 Å². The summed E-state index contributed by atoms with van der Waals surface area (Å²) in [5.74, 6) is 0.999. The van der Waals surface area contributed by atoms with Crippen LogP contribution in [0.2, 0.25) is 0 Å². The van der Waals surface area contributed by atoms with Crippen LogP contribution in [0, 0.1) is 0 Å². The molecule has 98 valence electrons. The lowest BCUT2D eigenvalue weighted by molar-refractivity contribution is 0.421. The highest BCUT2D eigenvalue weighted by atomic mass is 15.3. The predicted octanol–water partition coefficient (Wildman–Crippen LogP) is 0.642. The van der Waals surface area contributed by atoms with Crippen LogP contribution in [0.1, 0.15) is 25.6 Å². The molecule has 0 bridgehead atoms. The standard InChI is InChI=1S/C12H15N7/c1-2-12(3-4-13-5-12)11-18-17-10-8-9(15-6-14-8)16-7-19(10)11/h6-7,13H,2-5H2,1H3,(H,14,15). The van der Waals surface area contributed by atoms with E-state index in [9.17, 15) is 0 Å². The highest BCUT2D eigenvalue weighted by Gasteiger charge is 2.38. The lowest BCUT2D eigenvalue weighted by atomic mass is 9.83. The third-order valence-electron chi connectivity index (χ3n) is 4.23. The minimum absolute atomic E-state index is 0.0643. The van der Waals surface area contributed by atoms with Gasteiger partial charge in [-0.15, -0.1) is 10.2 Å². The molecule has 0 radical (unpaired) electrons. The lowest BCUT2D eigenvalue weighted by Gasteiger charge is -2.24. The van der Waals surface area contributed by atoms with E-state index in [4.69, 9.17) is 0 Å². The summed E-state index contributed by atoms with van der Waals surface area (Å²) >= 11 is 0. The average Bonchev–Trinajstić information content (AvgIpc) is 3.16. The fraction of sp³-hybridized carbons (Fsp3) is 0.500. The molecule has 0 spiro atoms. The number of hydrogen-bond donors (Lipinski definition) is 2. The zero-order chi connectivity index (χ0) is 12.9. The molecule has 0 saturated carbocycles. The molecule has 3 aromatic heterocycles. The normalized spacial score (nSPS) is 23.6. The maximum Gasteiger partial charge on any atom is 0.189 e. The van der Waals surface area contributed by atoms with Crippen molar-refractivity contribution in [1.82, 2.24) is 34.9 Å². The van der Waals surface area contributed by atoms with E-state index >= 15 is 0 Å². The van der Waals surface area contributed by atoms with Gasteiger partial charge in [-0.25, -0.2) is 9.97 Å². The first-order chi connectivity index (χ1) is 9.34. The fourth-order valence-electron chi connectivity index (χ4n) is 2.99. The maximum absolute atomic E-state index is 4.44. The second kappa shape index (κ2) is 3.74. The first kappa shape index (κ1) is 10.9. The number of nitrogens with one attached hydrogen (secondary N) is 2. The quantitative estimate of drug-likeness (QED) is 0.704. The highest BCUT2D eigenvalue weighted by Crippen LogP contribution is 2.33. The Bertz CT molecular complexity index is 735. The van der Waals surface area contributed by atoms with Crippen molar-refractivity contribution in [2.75, 3.05) is 13.1 Å². The van der Waals surface area contributed by atoms with Gasteiger partial charge >= 0.3 is 0 Å². The highest BCUT2D eigenvalue weighted by molar-refractivity contribution is 5.84. The number of aromatic nitrogens is 6. The summed E-state index contributed by atoms with van der Waals surface area (Å²) in [7, 11) is 0. The van der Waals surface area contributed by atoms with Gasteiger partial charge in [0.1, 0.15) is 17.7 Å². The Hall–Kier alpha value is -2.02. The number of H-pyrrole nitrogens is 1. The van der Waals surface area contributed by atoms with Crippen LogP contribution in [0.5, 0.6) is 0 Å². The molecule has 1 aliphatic heterocycles. The number of hydrogen-bond acceptors (Lipinski definition) is 5. The minimum Gasteiger partial charge on any atom is -0.340 e. The molecule has 0 aliphatic carbocycles. The molecule has 1 saturated heterocycles. The van der Waals surface area contributed by atoms with E-state index in [2.05, 4.69) is 37.4 Å². The molecule has 0 aromatic carbocycles. The van der Waals surface area contributed by atoms with Crippen molar-refractivity contribution >= 4 is 16.8 Å². The SMILES string of the molecule is CCC1(c2nnc3c4[nH]cnc4ncn23)CCNC1. The molecular weight excluding hydrogens is 242 g/mol. The van der Waals surface area contributed by atoms with Crippen LogP contribution in [0.4, 0.5) is 0 Å². The Kier molecular flexibility index (Phi) is 2.14. The first-order valence-electron chi connectivity index (χ1n) is 6.58. The maximum atomic E-state index is 4.44. The molecule has 7 nitrogen and oxygen atoms in total. The van der Waals surface area contributed by atoms with Crippen molar-refractivity contribution in [3.63, 3.8) is 0 Å². The zero-order valence-corrected chi connectivity index (χ0v) is 10.7. The molecule has 4 heterocycles. The molecule has 4 rings (SSSR count). The van der Waals surface area contributed by atoms with Gasteiger partial charge in [0.25, 0.3) is 0 Å². The van der Waals surface area contributed by atoms with Gasteiger partial charge in [0.2, 0.25) is 0 Å². The first-order valence-corrected chi connectivity index (χ1v) is 6.58. The van der Waals surface area contributed by atoms with Gasteiger partial charge in [-0.05, 0) is 19.4 Å². The smallest absolute Gasteiger partial charge is 0.189 e.